The van der Waals surface area contributed by atoms with Gasteiger partial charge in [-0.25, -0.2) is 0 Å². The van der Waals surface area contributed by atoms with E-state index in [2.05, 4.69) is 10.1 Å². The van der Waals surface area contributed by atoms with Crippen LogP contribution in [-0.2, 0) is 14.3 Å². The number of amides is 1. The molecule has 0 saturated heterocycles. The molecule has 5 heteroatoms. The highest BCUT2D eigenvalue weighted by atomic mass is 16.5. The number of carbonyl (C=O) groups excluding carboxylic acids is 2. The molecule has 0 bridgehead atoms. The van der Waals surface area contributed by atoms with Gasteiger partial charge in [0.25, 0.3) is 0 Å². The molecule has 0 aromatic carbocycles. The van der Waals surface area contributed by atoms with Crippen LogP contribution < -0.4 is 5.32 Å². The Balaban J connectivity index is 3.82. The van der Waals surface area contributed by atoms with E-state index in [-0.39, 0.29) is 18.4 Å². The fourth-order valence-electron chi connectivity index (χ4n) is 0.812. The van der Waals surface area contributed by atoms with Crippen LogP contribution >= 0.6 is 0 Å². The summed E-state index contributed by atoms with van der Waals surface area (Å²) in [4.78, 5) is 23.8. The molecule has 1 unspecified atom stereocenters. The molecule has 82 valence electrons. The van der Waals surface area contributed by atoms with Crippen molar-refractivity contribution in [3.8, 4) is 0 Å². The highest BCUT2D eigenvalue weighted by Gasteiger charge is 2.14. The summed E-state index contributed by atoms with van der Waals surface area (Å²) in [6, 6.07) is -0.450. The molecule has 1 amide bonds. The van der Waals surface area contributed by atoms with Gasteiger partial charge in [-0.05, 0) is 13.8 Å². The van der Waals surface area contributed by atoms with Gasteiger partial charge in [0.1, 0.15) is 6.04 Å². The molecule has 1 atom stereocenters. The maximum atomic E-state index is 11.3. The third-order valence-electron chi connectivity index (χ3n) is 2.01. The van der Waals surface area contributed by atoms with Crippen molar-refractivity contribution in [2.45, 2.75) is 19.9 Å². The largest absolute Gasteiger partial charge is 0.468 e. The standard InChI is InChI=1S/C9H18N2O3/c1-5-11(3)8(12)6-10-7(2)9(13)14-4/h7,10H,5-6H2,1-4H3. The van der Waals surface area contributed by atoms with Gasteiger partial charge >= 0.3 is 5.97 Å². The second kappa shape index (κ2) is 6.37. The summed E-state index contributed by atoms with van der Waals surface area (Å²) in [5, 5.41) is 2.78. The van der Waals surface area contributed by atoms with Gasteiger partial charge in [0.05, 0.1) is 13.7 Å². The SMILES string of the molecule is CCN(C)C(=O)CNC(C)C(=O)OC. The molecular formula is C9H18N2O3. The van der Waals surface area contributed by atoms with Crippen molar-refractivity contribution < 1.29 is 14.3 Å². The summed E-state index contributed by atoms with van der Waals surface area (Å²) in [7, 11) is 3.04. The number of nitrogens with zero attached hydrogens (tertiary/aromatic N) is 1. The van der Waals surface area contributed by atoms with E-state index in [1.807, 2.05) is 6.92 Å². The molecule has 0 spiro atoms. The summed E-state index contributed by atoms with van der Waals surface area (Å²) in [6.45, 7) is 4.36. The van der Waals surface area contributed by atoms with Crippen LogP contribution in [0.2, 0.25) is 0 Å². The zero-order valence-corrected chi connectivity index (χ0v) is 9.16. The van der Waals surface area contributed by atoms with Gasteiger partial charge in [-0.2, -0.15) is 0 Å². The first-order valence-electron chi connectivity index (χ1n) is 4.58. The summed E-state index contributed by atoms with van der Waals surface area (Å²) < 4.78 is 4.50. The van der Waals surface area contributed by atoms with Crippen LogP contribution in [0.5, 0.6) is 0 Å². The first kappa shape index (κ1) is 12.9. The van der Waals surface area contributed by atoms with Gasteiger partial charge in [-0.1, -0.05) is 0 Å². The minimum atomic E-state index is -0.450. The lowest BCUT2D eigenvalue weighted by Gasteiger charge is -2.16. The lowest BCUT2D eigenvalue weighted by molar-refractivity contribution is -0.142. The highest BCUT2D eigenvalue weighted by molar-refractivity contribution is 5.80. The Bertz CT molecular complexity index is 206. The zero-order chi connectivity index (χ0) is 11.1. The summed E-state index contributed by atoms with van der Waals surface area (Å²) in [5.41, 5.74) is 0. The highest BCUT2D eigenvalue weighted by Crippen LogP contribution is 1.87. The molecule has 0 aromatic rings. The molecule has 0 aliphatic heterocycles. The molecular weight excluding hydrogens is 184 g/mol. The molecule has 0 heterocycles. The summed E-state index contributed by atoms with van der Waals surface area (Å²) >= 11 is 0. The van der Waals surface area contributed by atoms with Crippen LogP contribution in [0.15, 0.2) is 0 Å². The molecule has 0 rings (SSSR count). The van der Waals surface area contributed by atoms with E-state index in [1.165, 1.54) is 7.11 Å². The Morgan fingerprint density at radius 1 is 1.50 bits per heavy atom. The molecule has 0 aromatic heterocycles. The van der Waals surface area contributed by atoms with Gasteiger partial charge in [-0.15, -0.1) is 0 Å². The predicted octanol–water partition coefficient (Wildman–Crippen LogP) is -0.384. The monoisotopic (exact) mass is 202 g/mol. The summed E-state index contributed by atoms with van der Waals surface area (Å²) in [5.74, 6) is -0.403. The minimum absolute atomic E-state index is 0.0387. The van der Waals surface area contributed by atoms with Crippen LogP contribution in [0.1, 0.15) is 13.8 Å². The third kappa shape index (κ3) is 4.23. The van der Waals surface area contributed by atoms with Gasteiger partial charge in [0, 0.05) is 13.6 Å². The average molecular weight is 202 g/mol. The zero-order valence-electron chi connectivity index (χ0n) is 9.16. The Kier molecular flexibility index (Phi) is 5.87. The van der Waals surface area contributed by atoms with Crippen molar-refractivity contribution in [2.75, 3.05) is 27.2 Å². The second-order valence-electron chi connectivity index (χ2n) is 3.03. The second-order valence-corrected chi connectivity index (χ2v) is 3.03. The van der Waals surface area contributed by atoms with Crippen LogP contribution in [0.4, 0.5) is 0 Å². The molecule has 0 aliphatic rings. The van der Waals surface area contributed by atoms with E-state index in [0.717, 1.165) is 0 Å². The Morgan fingerprint density at radius 3 is 2.50 bits per heavy atom. The number of rotatable bonds is 5. The number of methoxy groups -OCH3 is 1. The van der Waals surface area contributed by atoms with E-state index >= 15 is 0 Å². The van der Waals surface area contributed by atoms with Gasteiger partial charge in [0.15, 0.2) is 0 Å². The lowest BCUT2D eigenvalue weighted by atomic mass is 10.3. The van der Waals surface area contributed by atoms with Crippen LogP contribution in [0.25, 0.3) is 0 Å². The molecule has 0 fully saturated rings. The first-order valence-corrected chi connectivity index (χ1v) is 4.58. The molecule has 0 saturated carbocycles. The number of nitrogens with one attached hydrogen (secondary N) is 1. The number of ether oxygens (including phenoxy) is 1. The molecule has 5 nitrogen and oxygen atoms in total. The normalized spacial score (nSPS) is 12.0. The van der Waals surface area contributed by atoms with Crippen molar-refractivity contribution in [1.29, 1.82) is 0 Å². The third-order valence-corrected chi connectivity index (χ3v) is 2.01. The first-order chi connectivity index (χ1) is 6.52. The molecule has 0 radical (unpaired) electrons. The topological polar surface area (TPSA) is 58.6 Å². The molecule has 14 heavy (non-hydrogen) atoms. The molecule has 1 N–H and O–H groups in total. The van der Waals surface area contributed by atoms with Crippen LogP contribution in [0, 0.1) is 0 Å². The van der Waals surface area contributed by atoms with Crippen molar-refractivity contribution in [1.82, 2.24) is 10.2 Å². The van der Waals surface area contributed by atoms with E-state index in [9.17, 15) is 9.59 Å². The maximum Gasteiger partial charge on any atom is 0.322 e. The molecule has 0 aliphatic carbocycles. The van der Waals surface area contributed by atoms with E-state index < -0.39 is 6.04 Å². The fraction of sp³-hybridized carbons (Fsp3) is 0.778. The lowest BCUT2D eigenvalue weighted by Crippen LogP contribution is -2.42. The number of hydrogen-bond acceptors (Lipinski definition) is 4. The Labute approximate surface area is 84.4 Å². The van der Waals surface area contributed by atoms with Crippen molar-refractivity contribution in [3.05, 3.63) is 0 Å². The van der Waals surface area contributed by atoms with E-state index in [4.69, 9.17) is 0 Å². The van der Waals surface area contributed by atoms with Gasteiger partial charge in [0.2, 0.25) is 5.91 Å². The smallest absolute Gasteiger partial charge is 0.322 e. The van der Waals surface area contributed by atoms with E-state index in [1.54, 1.807) is 18.9 Å². The van der Waals surface area contributed by atoms with E-state index in [0.29, 0.717) is 6.54 Å². The number of esters is 1. The number of likely N-dealkylation sites (N-methyl/N-ethyl adjacent to an activating group) is 1. The predicted molar refractivity (Wildman–Crippen MR) is 52.8 cm³/mol. The van der Waals surface area contributed by atoms with Crippen molar-refractivity contribution in [3.63, 3.8) is 0 Å². The average Bonchev–Trinajstić information content (AvgIpc) is 2.22. The van der Waals surface area contributed by atoms with Crippen LogP contribution in [-0.4, -0.2) is 50.1 Å². The van der Waals surface area contributed by atoms with Gasteiger partial charge in [-0.3, -0.25) is 14.9 Å². The summed E-state index contributed by atoms with van der Waals surface area (Å²) in [6.07, 6.45) is 0. The van der Waals surface area contributed by atoms with Crippen LogP contribution in [0.3, 0.4) is 0 Å². The fourth-order valence-corrected chi connectivity index (χ4v) is 0.812. The van der Waals surface area contributed by atoms with Gasteiger partial charge < -0.3 is 9.64 Å². The Hall–Kier alpha value is -1.10. The van der Waals surface area contributed by atoms with Crippen molar-refractivity contribution >= 4 is 11.9 Å². The minimum Gasteiger partial charge on any atom is -0.468 e. The number of carbonyl (C=O) groups is 2. The number of hydrogen-bond donors (Lipinski definition) is 1. The van der Waals surface area contributed by atoms with Crippen molar-refractivity contribution in [2.24, 2.45) is 0 Å². The quantitative estimate of drug-likeness (QED) is 0.617. The maximum absolute atomic E-state index is 11.3. The Morgan fingerprint density at radius 2 is 2.07 bits per heavy atom.